The zero-order valence-corrected chi connectivity index (χ0v) is 6.74. The Hall–Kier alpha value is -2.05. The molecule has 0 unspecified atom stereocenters. The van der Waals surface area contributed by atoms with Crippen molar-refractivity contribution in [2.75, 3.05) is 0 Å². The summed E-state index contributed by atoms with van der Waals surface area (Å²) in [7, 11) is 0. The Kier molecular flexibility index (Phi) is 2.70. The molecule has 0 saturated carbocycles. The Morgan fingerprint density at radius 1 is 1.50 bits per heavy atom. The third kappa shape index (κ3) is 1.82. The summed E-state index contributed by atoms with van der Waals surface area (Å²) < 4.78 is 25.2. The third-order valence-electron chi connectivity index (χ3n) is 1.40. The average Bonchev–Trinajstić information content (AvgIpc) is 2.09. The van der Waals surface area contributed by atoms with Gasteiger partial charge in [-0.15, -0.1) is 0 Å². The molecule has 14 heavy (non-hydrogen) atoms. The molecule has 0 aromatic carbocycles. The number of aliphatic carboxylic acids is 1. The maximum atomic E-state index is 12.9. The average molecular weight is 201 g/mol. The van der Waals surface area contributed by atoms with Crippen molar-refractivity contribution in [2.45, 2.75) is 0 Å². The van der Waals surface area contributed by atoms with Crippen LogP contribution in [-0.4, -0.2) is 21.8 Å². The van der Waals surface area contributed by atoms with Crippen LogP contribution in [0.25, 0.3) is 0 Å². The van der Waals surface area contributed by atoms with Gasteiger partial charge in [-0.2, -0.15) is 18.9 Å². The number of carboxylic acids is 1. The Balaban J connectivity index is 3.25. The van der Waals surface area contributed by atoms with Crippen molar-refractivity contribution >= 4 is 11.7 Å². The summed E-state index contributed by atoms with van der Waals surface area (Å²) in [6, 6.07) is 1.71. The molecule has 0 amide bonds. The van der Waals surface area contributed by atoms with Crippen molar-refractivity contribution in [2.24, 2.45) is 10.9 Å². The molecule has 0 saturated heterocycles. The molecule has 0 radical (unpaired) electrons. The fourth-order valence-corrected chi connectivity index (χ4v) is 0.829. The predicted octanol–water partition coefficient (Wildman–Crippen LogP) is 0.107. The first-order valence-corrected chi connectivity index (χ1v) is 3.40. The van der Waals surface area contributed by atoms with Gasteiger partial charge in [-0.25, -0.2) is 4.79 Å². The van der Waals surface area contributed by atoms with Gasteiger partial charge in [-0.3, -0.25) is 0 Å². The lowest BCUT2D eigenvalue weighted by Gasteiger charge is -2.00. The van der Waals surface area contributed by atoms with Gasteiger partial charge in [-0.05, 0) is 12.1 Å². The van der Waals surface area contributed by atoms with Gasteiger partial charge in [0.1, 0.15) is 0 Å². The number of pyridine rings is 1. The lowest BCUT2D eigenvalue weighted by molar-refractivity contribution is -0.129. The Bertz CT molecular complexity index is 406. The van der Waals surface area contributed by atoms with Crippen molar-refractivity contribution < 1.29 is 18.7 Å². The largest absolute Gasteiger partial charge is 0.476 e. The van der Waals surface area contributed by atoms with E-state index in [1.807, 2.05) is 0 Å². The zero-order valence-electron chi connectivity index (χ0n) is 6.74. The monoisotopic (exact) mass is 201 g/mol. The van der Waals surface area contributed by atoms with E-state index in [0.717, 1.165) is 12.1 Å². The number of nitrogens with two attached hydrogens (primary N) is 1. The molecule has 0 atom stereocenters. The van der Waals surface area contributed by atoms with E-state index in [1.165, 1.54) is 0 Å². The van der Waals surface area contributed by atoms with Crippen molar-refractivity contribution in [3.05, 3.63) is 29.6 Å². The smallest absolute Gasteiger partial charge is 0.357 e. The van der Waals surface area contributed by atoms with Crippen LogP contribution < -0.4 is 5.84 Å². The molecule has 1 aromatic rings. The number of nitrogens with zero attached hydrogens (tertiary/aromatic N) is 2. The van der Waals surface area contributed by atoms with Gasteiger partial charge in [0.05, 0.1) is 5.56 Å². The fourth-order valence-electron chi connectivity index (χ4n) is 0.829. The molecule has 0 fully saturated rings. The number of hydrogen-bond acceptors (Lipinski definition) is 4. The number of hydrazone groups is 1. The van der Waals surface area contributed by atoms with Gasteiger partial charge in [0, 0.05) is 0 Å². The van der Waals surface area contributed by atoms with E-state index >= 15 is 0 Å². The van der Waals surface area contributed by atoms with Crippen molar-refractivity contribution in [1.82, 2.24) is 4.98 Å². The molecule has 0 bridgehead atoms. The zero-order chi connectivity index (χ0) is 10.7. The molecule has 1 aromatic heterocycles. The Labute approximate surface area is 76.9 Å². The predicted molar refractivity (Wildman–Crippen MR) is 42.5 cm³/mol. The molecule has 1 rings (SSSR count). The Morgan fingerprint density at radius 2 is 2.14 bits per heavy atom. The highest BCUT2D eigenvalue weighted by atomic mass is 19.1. The normalized spacial score (nSPS) is 11.4. The Morgan fingerprint density at radius 3 is 2.57 bits per heavy atom. The maximum Gasteiger partial charge on any atom is 0.357 e. The van der Waals surface area contributed by atoms with E-state index in [9.17, 15) is 13.6 Å². The highest BCUT2D eigenvalue weighted by Crippen LogP contribution is 2.07. The molecule has 0 spiro atoms. The highest BCUT2D eigenvalue weighted by molar-refractivity contribution is 6.42. The van der Waals surface area contributed by atoms with Crippen LogP contribution in [0.3, 0.4) is 0 Å². The van der Waals surface area contributed by atoms with Gasteiger partial charge in [-0.1, -0.05) is 0 Å². The lowest BCUT2D eigenvalue weighted by Crippen LogP contribution is -2.18. The molecule has 3 N–H and O–H groups in total. The molecule has 5 nitrogen and oxygen atoms in total. The third-order valence-corrected chi connectivity index (χ3v) is 1.40. The number of hydrogen-bond donors (Lipinski definition) is 2. The van der Waals surface area contributed by atoms with Crippen LogP contribution in [-0.2, 0) is 4.79 Å². The van der Waals surface area contributed by atoms with E-state index in [1.54, 1.807) is 0 Å². The SMILES string of the molecule is NN=C(C(=O)O)c1ccc(F)nc1F. The number of carbonyl (C=O) groups is 1. The summed E-state index contributed by atoms with van der Waals surface area (Å²) in [4.78, 5) is 13.3. The van der Waals surface area contributed by atoms with Crippen LogP contribution in [0.4, 0.5) is 8.78 Å². The first-order chi connectivity index (χ1) is 6.56. The summed E-state index contributed by atoms with van der Waals surface area (Å²) in [5, 5.41) is 11.4. The number of halogens is 2. The minimum absolute atomic E-state index is 0.457. The second-order valence-corrected chi connectivity index (χ2v) is 2.26. The summed E-state index contributed by atoms with van der Waals surface area (Å²) in [6.45, 7) is 0. The first kappa shape index (κ1) is 10.0. The highest BCUT2D eigenvalue weighted by Gasteiger charge is 2.18. The van der Waals surface area contributed by atoms with Crippen molar-refractivity contribution in [1.29, 1.82) is 0 Å². The van der Waals surface area contributed by atoms with Gasteiger partial charge in [0.2, 0.25) is 11.9 Å². The fraction of sp³-hybridized carbons (Fsp3) is 0. The van der Waals surface area contributed by atoms with Gasteiger partial charge >= 0.3 is 5.97 Å². The minimum atomic E-state index is -1.51. The van der Waals surface area contributed by atoms with E-state index in [-0.39, 0.29) is 0 Å². The van der Waals surface area contributed by atoms with E-state index in [4.69, 9.17) is 10.9 Å². The van der Waals surface area contributed by atoms with Gasteiger partial charge in [0.15, 0.2) is 5.71 Å². The maximum absolute atomic E-state index is 12.9. The van der Waals surface area contributed by atoms with Crippen molar-refractivity contribution in [3.63, 3.8) is 0 Å². The minimum Gasteiger partial charge on any atom is -0.476 e. The molecule has 0 aliphatic carbocycles. The van der Waals surface area contributed by atoms with E-state index in [2.05, 4.69) is 10.1 Å². The quantitative estimate of drug-likeness (QED) is 0.307. The van der Waals surface area contributed by atoms with Crippen molar-refractivity contribution in [3.8, 4) is 0 Å². The molecular formula is C7H5F2N3O2. The molecule has 0 aliphatic rings. The van der Waals surface area contributed by atoms with Crippen LogP contribution in [0.2, 0.25) is 0 Å². The molecule has 0 aliphatic heterocycles. The van der Waals surface area contributed by atoms with Crippen LogP contribution in [0.5, 0.6) is 0 Å². The van der Waals surface area contributed by atoms with Crippen LogP contribution in [0.1, 0.15) is 5.56 Å². The summed E-state index contributed by atoms with van der Waals surface area (Å²) >= 11 is 0. The van der Waals surface area contributed by atoms with Crippen LogP contribution >= 0.6 is 0 Å². The summed E-state index contributed by atoms with van der Waals surface area (Å²) in [6.07, 6.45) is 0. The van der Waals surface area contributed by atoms with E-state index in [0.29, 0.717) is 0 Å². The topological polar surface area (TPSA) is 88.6 Å². The van der Waals surface area contributed by atoms with Crippen LogP contribution in [0.15, 0.2) is 17.2 Å². The number of rotatable bonds is 2. The lowest BCUT2D eigenvalue weighted by atomic mass is 10.2. The second kappa shape index (κ2) is 3.77. The number of carboxylic acid groups (broad SMARTS) is 1. The summed E-state index contributed by atoms with van der Waals surface area (Å²) in [5.41, 5.74) is -1.17. The first-order valence-electron chi connectivity index (χ1n) is 3.40. The van der Waals surface area contributed by atoms with E-state index < -0.39 is 29.1 Å². The molecular weight excluding hydrogens is 196 g/mol. The standard InChI is InChI=1S/C7H5F2N3O2/c8-4-2-1-3(6(9)11-4)5(12-10)7(13)14/h1-2H,10H2,(H,13,14). The summed E-state index contributed by atoms with van der Waals surface area (Å²) in [5.74, 6) is 0.902. The van der Waals surface area contributed by atoms with Gasteiger partial charge in [0.25, 0.3) is 0 Å². The molecule has 1 heterocycles. The molecule has 74 valence electrons. The second-order valence-electron chi connectivity index (χ2n) is 2.26. The van der Waals surface area contributed by atoms with Gasteiger partial charge < -0.3 is 10.9 Å². The van der Waals surface area contributed by atoms with Crippen LogP contribution in [0, 0.1) is 11.9 Å². The number of aromatic nitrogens is 1. The molecule has 7 heteroatoms.